The Bertz CT molecular complexity index is 863. The van der Waals surface area contributed by atoms with Crippen molar-refractivity contribution < 1.29 is 14.3 Å². The summed E-state index contributed by atoms with van der Waals surface area (Å²) in [6, 6.07) is 10.9. The molecule has 0 bridgehead atoms. The van der Waals surface area contributed by atoms with Crippen LogP contribution in [-0.2, 0) is 24.2 Å². The van der Waals surface area contributed by atoms with E-state index in [9.17, 15) is 4.79 Å². The molecule has 2 aromatic carbocycles. The summed E-state index contributed by atoms with van der Waals surface area (Å²) in [5, 5.41) is 2.88. The second-order valence-electron chi connectivity index (χ2n) is 7.01. The molecule has 1 N–H and O–H groups in total. The molecule has 1 unspecified atom stereocenters. The Balaban J connectivity index is 1.68. The van der Waals surface area contributed by atoms with Crippen LogP contribution in [0.5, 0.6) is 11.5 Å². The van der Waals surface area contributed by atoms with E-state index in [4.69, 9.17) is 9.47 Å². The minimum atomic E-state index is -0.0356. The number of nitrogens with zero attached hydrogens (tertiary/aromatic N) is 1. The summed E-state index contributed by atoms with van der Waals surface area (Å²) in [6.45, 7) is 3.47. The fourth-order valence-electron chi connectivity index (χ4n) is 4.19. The molecule has 2 aliphatic heterocycles. The van der Waals surface area contributed by atoms with Crippen LogP contribution < -0.4 is 14.8 Å². The Morgan fingerprint density at radius 1 is 1.08 bits per heavy atom. The summed E-state index contributed by atoms with van der Waals surface area (Å²) in [4.78, 5) is 13.8. The van der Waals surface area contributed by atoms with E-state index in [1.165, 1.54) is 22.3 Å². The van der Waals surface area contributed by atoms with Crippen molar-refractivity contribution in [2.75, 3.05) is 26.1 Å². The highest BCUT2D eigenvalue weighted by Crippen LogP contribution is 2.42. The van der Waals surface area contributed by atoms with Crippen molar-refractivity contribution in [2.24, 2.45) is 0 Å². The van der Waals surface area contributed by atoms with Gasteiger partial charge in [0.15, 0.2) is 11.5 Å². The number of nitrogens with one attached hydrogen (secondary N) is 1. The van der Waals surface area contributed by atoms with Crippen LogP contribution in [0, 0.1) is 0 Å². The number of benzene rings is 2. The fourth-order valence-corrected chi connectivity index (χ4v) is 4.19. The largest absolute Gasteiger partial charge is 0.493 e. The predicted molar refractivity (Wildman–Crippen MR) is 101 cm³/mol. The Kier molecular flexibility index (Phi) is 4.32. The van der Waals surface area contributed by atoms with E-state index in [-0.39, 0.29) is 5.91 Å². The highest BCUT2D eigenvalue weighted by Gasteiger charge is 2.33. The summed E-state index contributed by atoms with van der Waals surface area (Å²) in [5.41, 5.74) is 6.21. The van der Waals surface area contributed by atoms with Crippen LogP contribution in [0.3, 0.4) is 0 Å². The number of amides is 1. The second-order valence-corrected chi connectivity index (χ2v) is 7.01. The topological polar surface area (TPSA) is 50.8 Å². The third kappa shape index (κ3) is 2.92. The van der Waals surface area contributed by atoms with Gasteiger partial charge in [-0.25, -0.2) is 0 Å². The van der Waals surface area contributed by atoms with E-state index >= 15 is 0 Å². The number of carbonyl (C=O) groups excluding carboxylic acids is 1. The molecule has 0 spiro atoms. The molecule has 1 atom stereocenters. The number of anilines is 1. The number of rotatable bonds is 3. The Morgan fingerprint density at radius 3 is 2.58 bits per heavy atom. The molecule has 0 saturated heterocycles. The molecule has 2 heterocycles. The molecule has 0 radical (unpaired) electrons. The van der Waals surface area contributed by atoms with Crippen molar-refractivity contribution in [2.45, 2.75) is 32.4 Å². The summed E-state index contributed by atoms with van der Waals surface area (Å²) >= 11 is 0. The van der Waals surface area contributed by atoms with Gasteiger partial charge in [0.05, 0.1) is 14.2 Å². The third-order valence-corrected chi connectivity index (χ3v) is 5.43. The zero-order valence-corrected chi connectivity index (χ0v) is 15.5. The van der Waals surface area contributed by atoms with Crippen molar-refractivity contribution in [1.29, 1.82) is 0 Å². The van der Waals surface area contributed by atoms with Gasteiger partial charge in [-0.05, 0) is 59.4 Å². The summed E-state index contributed by atoms with van der Waals surface area (Å²) in [7, 11) is 3.37. The Hall–Kier alpha value is -2.53. The first-order chi connectivity index (χ1) is 12.6. The normalized spacial score (nSPS) is 18.3. The van der Waals surface area contributed by atoms with E-state index < -0.39 is 0 Å². The molecule has 0 saturated carbocycles. The van der Waals surface area contributed by atoms with Gasteiger partial charge in [0.25, 0.3) is 0 Å². The summed E-state index contributed by atoms with van der Waals surface area (Å²) < 4.78 is 11.0. The van der Waals surface area contributed by atoms with Gasteiger partial charge in [-0.3, -0.25) is 9.69 Å². The van der Waals surface area contributed by atoms with Crippen molar-refractivity contribution in [1.82, 2.24) is 4.90 Å². The molecule has 26 heavy (non-hydrogen) atoms. The molecule has 4 rings (SSSR count). The first-order valence-corrected chi connectivity index (χ1v) is 8.97. The number of hydrogen-bond acceptors (Lipinski definition) is 4. The fraction of sp³-hybridized carbons (Fsp3) is 0.381. The van der Waals surface area contributed by atoms with Gasteiger partial charge in [0, 0.05) is 31.7 Å². The molecular weight excluding hydrogens is 328 g/mol. The molecule has 2 aromatic rings. The maximum absolute atomic E-state index is 11.3. The lowest BCUT2D eigenvalue weighted by molar-refractivity contribution is -0.114. The SMILES string of the molecule is COc1cc2c(cc1OC)C1Cc3ccc(NC(C)=O)cc3CN1CC2. The first kappa shape index (κ1) is 16.9. The van der Waals surface area contributed by atoms with Crippen molar-refractivity contribution >= 4 is 11.6 Å². The van der Waals surface area contributed by atoms with Gasteiger partial charge in [0.2, 0.25) is 5.91 Å². The van der Waals surface area contributed by atoms with Crippen LogP contribution in [0.1, 0.15) is 35.2 Å². The summed E-state index contributed by atoms with van der Waals surface area (Å²) in [5.74, 6) is 1.56. The second kappa shape index (κ2) is 6.65. The van der Waals surface area contributed by atoms with Crippen LogP contribution >= 0.6 is 0 Å². The van der Waals surface area contributed by atoms with E-state index in [1.54, 1.807) is 21.1 Å². The molecule has 1 amide bonds. The lowest BCUT2D eigenvalue weighted by Gasteiger charge is -2.41. The lowest BCUT2D eigenvalue weighted by atomic mass is 9.83. The Labute approximate surface area is 153 Å². The highest BCUT2D eigenvalue weighted by molar-refractivity contribution is 5.88. The molecule has 0 aliphatic carbocycles. The zero-order valence-electron chi connectivity index (χ0n) is 15.5. The molecule has 5 nitrogen and oxygen atoms in total. The number of ether oxygens (including phenoxy) is 2. The van der Waals surface area contributed by atoms with Gasteiger partial charge < -0.3 is 14.8 Å². The predicted octanol–water partition coefficient (Wildman–Crippen LogP) is 3.32. The number of methoxy groups -OCH3 is 2. The standard InChI is InChI=1S/C21H24N2O3/c1-13(24)22-17-5-4-14-9-19-18-11-21(26-3)20(25-2)10-15(18)6-7-23(19)12-16(14)8-17/h4-5,8,10-11,19H,6-7,9,12H2,1-3H3,(H,22,24). The number of fused-ring (bicyclic) bond motifs is 4. The lowest BCUT2D eigenvalue weighted by Crippen LogP contribution is -2.39. The zero-order chi connectivity index (χ0) is 18.3. The maximum atomic E-state index is 11.3. The Morgan fingerprint density at radius 2 is 1.85 bits per heavy atom. The van der Waals surface area contributed by atoms with Crippen LogP contribution in [0.2, 0.25) is 0 Å². The summed E-state index contributed by atoms with van der Waals surface area (Å²) in [6.07, 6.45) is 1.98. The van der Waals surface area contributed by atoms with Gasteiger partial charge in [0.1, 0.15) is 0 Å². The third-order valence-electron chi connectivity index (χ3n) is 5.43. The van der Waals surface area contributed by atoms with E-state index in [0.717, 1.165) is 43.1 Å². The minimum Gasteiger partial charge on any atom is -0.493 e. The van der Waals surface area contributed by atoms with Crippen LogP contribution in [0.4, 0.5) is 5.69 Å². The van der Waals surface area contributed by atoms with Gasteiger partial charge >= 0.3 is 0 Å². The quantitative estimate of drug-likeness (QED) is 0.921. The molecule has 2 aliphatic rings. The molecule has 5 heteroatoms. The van der Waals surface area contributed by atoms with Gasteiger partial charge in [-0.1, -0.05) is 6.07 Å². The molecule has 0 fully saturated rings. The molecule has 0 aromatic heterocycles. The average molecular weight is 352 g/mol. The van der Waals surface area contributed by atoms with Gasteiger partial charge in [-0.15, -0.1) is 0 Å². The van der Waals surface area contributed by atoms with Crippen LogP contribution in [0.25, 0.3) is 0 Å². The molecule has 136 valence electrons. The maximum Gasteiger partial charge on any atom is 0.221 e. The van der Waals surface area contributed by atoms with Crippen molar-refractivity contribution in [3.05, 3.63) is 52.6 Å². The number of carbonyl (C=O) groups is 1. The van der Waals surface area contributed by atoms with E-state index in [0.29, 0.717) is 6.04 Å². The smallest absolute Gasteiger partial charge is 0.221 e. The first-order valence-electron chi connectivity index (χ1n) is 8.97. The monoisotopic (exact) mass is 352 g/mol. The minimum absolute atomic E-state index is 0.0356. The molecular formula is C21H24N2O3. The highest BCUT2D eigenvalue weighted by atomic mass is 16.5. The van der Waals surface area contributed by atoms with Crippen LogP contribution in [-0.4, -0.2) is 31.6 Å². The van der Waals surface area contributed by atoms with Gasteiger partial charge in [-0.2, -0.15) is 0 Å². The number of hydrogen-bond donors (Lipinski definition) is 1. The van der Waals surface area contributed by atoms with E-state index in [1.807, 2.05) is 6.07 Å². The van der Waals surface area contributed by atoms with E-state index in [2.05, 4.69) is 34.5 Å². The van der Waals surface area contributed by atoms with Crippen molar-refractivity contribution in [3.63, 3.8) is 0 Å². The average Bonchev–Trinajstić information content (AvgIpc) is 2.64. The van der Waals surface area contributed by atoms with Crippen molar-refractivity contribution in [3.8, 4) is 11.5 Å². The van der Waals surface area contributed by atoms with Crippen LogP contribution in [0.15, 0.2) is 30.3 Å².